The number of hydrogen-bond acceptors (Lipinski definition) is 4. The van der Waals surface area contributed by atoms with Gasteiger partial charge in [-0.05, 0) is 36.8 Å². The first-order chi connectivity index (χ1) is 8.25. The molecule has 3 N–H and O–H groups in total. The number of fused-ring (bicyclic) bond motifs is 3. The lowest BCUT2D eigenvalue weighted by atomic mass is 10.0. The van der Waals surface area contributed by atoms with E-state index in [4.69, 9.17) is 5.73 Å². The molecule has 3 rings (SSSR count). The van der Waals surface area contributed by atoms with Gasteiger partial charge in [0.05, 0.1) is 5.39 Å². The molecule has 0 saturated carbocycles. The molecule has 2 aromatic rings. The highest BCUT2D eigenvalue weighted by molar-refractivity contribution is 5.79. The monoisotopic (exact) mass is 230 g/mol. The number of anilines is 1. The van der Waals surface area contributed by atoms with E-state index in [2.05, 4.69) is 15.0 Å². The summed E-state index contributed by atoms with van der Waals surface area (Å²) in [7, 11) is 0. The fraction of sp³-hybridized carbons (Fsp3) is 0.417. The van der Waals surface area contributed by atoms with Crippen LogP contribution in [0.2, 0.25) is 0 Å². The topological polar surface area (TPSA) is 84.7 Å². The van der Waals surface area contributed by atoms with E-state index in [-0.39, 0.29) is 11.5 Å². The van der Waals surface area contributed by atoms with Crippen molar-refractivity contribution in [1.82, 2.24) is 15.0 Å². The molecule has 0 amide bonds. The largest absolute Gasteiger partial charge is 0.369 e. The molecule has 0 atom stereocenters. The van der Waals surface area contributed by atoms with E-state index in [0.29, 0.717) is 11.0 Å². The number of nitrogen functional groups attached to an aromatic ring is 1. The van der Waals surface area contributed by atoms with Crippen LogP contribution in [0.5, 0.6) is 0 Å². The van der Waals surface area contributed by atoms with Gasteiger partial charge >= 0.3 is 0 Å². The molecular formula is C12H14N4O. The first kappa shape index (κ1) is 10.3. The molecule has 0 spiro atoms. The summed E-state index contributed by atoms with van der Waals surface area (Å²) >= 11 is 0. The number of aromatic nitrogens is 3. The number of nitrogens with one attached hydrogen (secondary N) is 1. The molecule has 2 aromatic heterocycles. The Bertz CT molecular complexity index is 632. The predicted molar refractivity (Wildman–Crippen MR) is 65.8 cm³/mol. The van der Waals surface area contributed by atoms with Crippen molar-refractivity contribution in [1.29, 1.82) is 0 Å². The molecule has 2 heterocycles. The first-order valence-electron chi connectivity index (χ1n) is 5.92. The fourth-order valence-electron chi connectivity index (χ4n) is 2.52. The molecule has 5 nitrogen and oxygen atoms in total. The second-order valence-electron chi connectivity index (χ2n) is 4.47. The number of rotatable bonds is 0. The standard InChI is InChI=1S/C12H14N4O/c13-12-15-10-9(11(17)16-12)8-5-3-1-2-4-7(8)6-14-10/h6H,1-5H2,(H3,13,14,15,16,17). The van der Waals surface area contributed by atoms with E-state index in [1.807, 2.05) is 6.20 Å². The van der Waals surface area contributed by atoms with E-state index in [9.17, 15) is 4.79 Å². The van der Waals surface area contributed by atoms with Crippen molar-refractivity contribution in [2.75, 3.05) is 5.73 Å². The number of H-pyrrole nitrogens is 1. The first-order valence-corrected chi connectivity index (χ1v) is 5.92. The summed E-state index contributed by atoms with van der Waals surface area (Å²) in [5.74, 6) is 0.128. The molecule has 17 heavy (non-hydrogen) atoms. The van der Waals surface area contributed by atoms with Crippen LogP contribution in [-0.2, 0) is 12.8 Å². The van der Waals surface area contributed by atoms with Crippen LogP contribution >= 0.6 is 0 Å². The van der Waals surface area contributed by atoms with Crippen molar-refractivity contribution < 1.29 is 0 Å². The smallest absolute Gasteiger partial charge is 0.262 e. The lowest BCUT2D eigenvalue weighted by molar-refractivity contribution is 0.712. The molecule has 5 heteroatoms. The average molecular weight is 230 g/mol. The minimum atomic E-state index is -0.168. The number of aromatic amines is 1. The third-order valence-corrected chi connectivity index (χ3v) is 3.32. The highest BCUT2D eigenvalue weighted by Gasteiger charge is 2.15. The van der Waals surface area contributed by atoms with Gasteiger partial charge in [0.2, 0.25) is 5.95 Å². The Kier molecular flexibility index (Phi) is 2.31. The van der Waals surface area contributed by atoms with Crippen LogP contribution in [0.15, 0.2) is 11.0 Å². The minimum absolute atomic E-state index is 0.128. The summed E-state index contributed by atoms with van der Waals surface area (Å²) in [6.07, 6.45) is 7.27. The van der Waals surface area contributed by atoms with E-state index in [1.54, 1.807) is 0 Å². The molecule has 0 aliphatic heterocycles. The molecule has 1 aliphatic carbocycles. The maximum atomic E-state index is 12.0. The van der Waals surface area contributed by atoms with Gasteiger partial charge in [-0.25, -0.2) is 4.98 Å². The van der Waals surface area contributed by atoms with Crippen LogP contribution in [0, 0.1) is 0 Å². The summed E-state index contributed by atoms with van der Waals surface area (Å²) in [5.41, 5.74) is 8.12. The summed E-state index contributed by atoms with van der Waals surface area (Å²) in [6, 6.07) is 0. The second-order valence-corrected chi connectivity index (χ2v) is 4.47. The van der Waals surface area contributed by atoms with Crippen molar-refractivity contribution in [3.8, 4) is 0 Å². The van der Waals surface area contributed by atoms with Gasteiger partial charge in [0.1, 0.15) is 0 Å². The molecule has 1 aliphatic rings. The second kappa shape index (κ2) is 3.84. The molecule has 0 radical (unpaired) electrons. The Morgan fingerprint density at radius 2 is 2.06 bits per heavy atom. The lowest BCUT2D eigenvalue weighted by Gasteiger charge is -2.07. The zero-order chi connectivity index (χ0) is 11.8. The van der Waals surface area contributed by atoms with Gasteiger partial charge < -0.3 is 5.73 Å². The highest BCUT2D eigenvalue weighted by Crippen LogP contribution is 2.24. The van der Waals surface area contributed by atoms with Gasteiger partial charge in [-0.1, -0.05) is 6.42 Å². The van der Waals surface area contributed by atoms with Crippen molar-refractivity contribution in [3.05, 3.63) is 27.7 Å². The number of nitrogens with two attached hydrogens (primary N) is 1. The maximum absolute atomic E-state index is 12.0. The SMILES string of the molecule is Nc1nc2ncc3c(c2c(=O)[nH]1)CCCCC3. The maximum Gasteiger partial charge on any atom is 0.262 e. The zero-order valence-electron chi connectivity index (χ0n) is 9.49. The molecule has 0 unspecified atom stereocenters. The molecule has 0 fully saturated rings. The summed E-state index contributed by atoms with van der Waals surface area (Å²) in [6.45, 7) is 0. The van der Waals surface area contributed by atoms with Crippen LogP contribution < -0.4 is 11.3 Å². The van der Waals surface area contributed by atoms with E-state index >= 15 is 0 Å². The number of aryl methyl sites for hydroxylation is 2. The van der Waals surface area contributed by atoms with Crippen LogP contribution in [-0.4, -0.2) is 15.0 Å². The van der Waals surface area contributed by atoms with Crippen molar-refractivity contribution in [2.45, 2.75) is 32.1 Å². The highest BCUT2D eigenvalue weighted by atomic mass is 16.1. The minimum Gasteiger partial charge on any atom is -0.369 e. The van der Waals surface area contributed by atoms with Crippen LogP contribution in [0.25, 0.3) is 11.0 Å². The molecule has 88 valence electrons. The van der Waals surface area contributed by atoms with Gasteiger partial charge in [0.25, 0.3) is 5.56 Å². The fourth-order valence-corrected chi connectivity index (χ4v) is 2.52. The molecule has 0 saturated heterocycles. The lowest BCUT2D eigenvalue weighted by Crippen LogP contribution is -2.14. The van der Waals surface area contributed by atoms with Crippen LogP contribution in [0.3, 0.4) is 0 Å². The summed E-state index contributed by atoms with van der Waals surface area (Å²) in [4.78, 5) is 22.9. The third kappa shape index (κ3) is 1.67. The summed E-state index contributed by atoms with van der Waals surface area (Å²) in [5, 5.41) is 0.624. The van der Waals surface area contributed by atoms with Gasteiger partial charge in [-0.15, -0.1) is 0 Å². The number of hydrogen-bond donors (Lipinski definition) is 2. The molecule has 0 aromatic carbocycles. The van der Waals surface area contributed by atoms with E-state index in [0.717, 1.165) is 24.8 Å². The Morgan fingerprint density at radius 3 is 2.94 bits per heavy atom. The van der Waals surface area contributed by atoms with Gasteiger partial charge in [0, 0.05) is 6.20 Å². The molecule has 0 bridgehead atoms. The average Bonchev–Trinajstić information content (AvgIpc) is 2.52. The van der Waals surface area contributed by atoms with Gasteiger partial charge in [-0.3, -0.25) is 9.78 Å². The van der Waals surface area contributed by atoms with Gasteiger partial charge in [0.15, 0.2) is 5.65 Å². The Hall–Kier alpha value is -1.91. The van der Waals surface area contributed by atoms with Gasteiger partial charge in [-0.2, -0.15) is 4.98 Å². The van der Waals surface area contributed by atoms with E-state index in [1.165, 1.54) is 18.4 Å². The molecular weight excluding hydrogens is 216 g/mol. The number of pyridine rings is 1. The quantitative estimate of drug-likeness (QED) is 0.665. The number of nitrogens with zero attached hydrogens (tertiary/aromatic N) is 2. The zero-order valence-corrected chi connectivity index (χ0v) is 9.49. The van der Waals surface area contributed by atoms with Crippen LogP contribution in [0.1, 0.15) is 30.4 Å². The van der Waals surface area contributed by atoms with Crippen LogP contribution in [0.4, 0.5) is 5.95 Å². The predicted octanol–water partition coefficient (Wildman–Crippen LogP) is 1.17. The Labute approximate surface area is 98.1 Å². The van der Waals surface area contributed by atoms with E-state index < -0.39 is 0 Å². The van der Waals surface area contributed by atoms with Crippen molar-refractivity contribution >= 4 is 17.0 Å². The Balaban J connectivity index is 2.37. The normalized spacial score (nSPS) is 15.5. The third-order valence-electron chi connectivity index (χ3n) is 3.32. The Morgan fingerprint density at radius 1 is 1.24 bits per heavy atom. The van der Waals surface area contributed by atoms with Crippen molar-refractivity contribution in [3.63, 3.8) is 0 Å². The van der Waals surface area contributed by atoms with Crippen molar-refractivity contribution in [2.24, 2.45) is 0 Å². The summed E-state index contributed by atoms with van der Waals surface area (Å²) < 4.78 is 0.